The van der Waals surface area contributed by atoms with E-state index >= 15 is 0 Å². The Hall–Kier alpha value is -0.0800. The summed E-state index contributed by atoms with van der Waals surface area (Å²) in [5.74, 6) is 0.882. The number of nitrogens with one attached hydrogen (secondary N) is 2. The quantitative estimate of drug-likeness (QED) is 0.269. The lowest BCUT2D eigenvalue weighted by atomic mass is 10.3. The Balaban J connectivity index is 0.00000361. The molecule has 5 nitrogen and oxygen atoms in total. The number of nitrogens with zero attached hydrogens (tertiary/aromatic N) is 2. The van der Waals surface area contributed by atoms with Crippen LogP contribution in [0.1, 0.15) is 33.1 Å². The summed E-state index contributed by atoms with van der Waals surface area (Å²) < 4.78 is 5.30. The van der Waals surface area contributed by atoms with Gasteiger partial charge in [-0.3, -0.25) is 9.89 Å². The molecule has 0 bridgehead atoms. The number of guanidine groups is 1. The molecule has 0 aliphatic heterocycles. The summed E-state index contributed by atoms with van der Waals surface area (Å²) in [5.41, 5.74) is 0. The second kappa shape index (κ2) is 11.6. The Morgan fingerprint density at radius 1 is 1.40 bits per heavy atom. The molecule has 0 spiro atoms. The SMILES string of the molecule is CCOCCCNC(=NC)NCC(C)N(C)C1CC1.I. The van der Waals surface area contributed by atoms with Gasteiger partial charge in [-0.05, 0) is 40.2 Å². The second-order valence-electron chi connectivity index (χ2n) is 5.18. The normalized spacial score (nSPS) is 16.8. The maximum Gasteiger partial charge on any atom is 0.191 e. The molecule has 0 saturated heterocycles. The molecule has 0 amide bonds. The number of hydrogen-bond donors (Lipinski definition) is 2. The molecule has 0 aromatic heterocycles. The summed E-state index contributed by atoms with van der Waals surface area (Å²) in [6.07, 6.45) is 3.71. The number of hydrogen-bond acceptors (Lipinski definition) is 3. The van der Waals surface area contributed by atoms with Gasteiger partial charge in [0.25, 0.3) is 0 Å². The van der Waals surface area contributed by atoms with Crippen molar-refractivity contribution in [3.8, 4) is 0 Å². The average Bonchev–Trinajstić information content (AvgIpc) is 3.25. The zero-order chi connectivity index (χ0) is 14.1. The summed E-state index contributed by atoms with van der Waals surface area (Å²) in [4.78, 5) is 6.69. The van der Waals surface area contributed by atoms with Gasteiger partial charge < -0.3 is 15.4 Å². The summed E-state index contributed by atoms with van der Waals surface area (Å²) in [5, 5.41) is 6.69. The Morgan fingerprint density at radius 3 is 2.65 bits per heavy atom. The maximum atomic E-state index is 5.30. The van der Waals surface area contributed by atoms with Gasteiger partial charge in [-0.2, -0.15) is 0 Å². The van der Waals surface area contributed by atoms with E-state index in [-0.39, 0.29) is 24.0 Å². The highest BCUT2D eigenvalue weighted by atomic mass is 127. The van der Waals surface area contributed by atoms with Crippen LogP contribution in [0.5, 0.6) is 0 Å². The van der Waals surface area contributed by atoms with Gasteiger partial charge in [0.15, 0.2) is 5.96 Å². The van der Waals surface area contributed by atoms with E-state index in [1.54, 1.807) is 0 Å². The molecule has 6 heteroatoms. The topological polar surface area (TPSA) is 48.9 Å². The van der Waals surface area contributed by atoms with E-state index in [0.29, 0.717) is 6.04 Å². The molecule has 1 aliphatic rings. The molecule has 120 valence electrons. The van der Waals surface area contributed by atoms with Crippen LogP contribution in [0.15, 0.2) is 4.99 Å². The first-order chi connectivity index (χ1) is 9.19. The standard InChI is InChI=1S/C14H30N4O.HI/c1-5-19-10-6-9-16-14(15-3)17-11-12(2)18(4)13-7-8-13;/h12-13H,5-11H2,1-4H3,(H2,15,16,17);1H. The molecular weight excluding hydrogens is 367 g/mol. The summed E-state index contributed by atoms with van der Waals surface area (Å²) in [6, 6.07) is 1.34. The first-order valence-electron chi connectivity index (χ1n) is 7.43. The van der Waals surface area contributed by atoms with Gasteiger partial charge in [0.2, 0.25) is 0 Å². The van der Waals surface area contributed by atoms with Gasteiger partial charge in [-0.25, -0.2) is 0 Å². The highest BCUT2D eigenvalue weighted by Gasteiger charge is 2.28. The van der Waals surface area contributed by atoms with E-state index in [1.807, 2.05) is 14.0 Å². The number of aliphatic imine (C=N–C) groups is 1. The third-order valence-electron chi connectivity index (χ3n) is 3.57. The molecule has 2 N–H and O–H groups in total. The fourth-order valence-corrected chi connectivity index (χ4v) is 1.98. The predicted molar refractivity (Wildman–Crippen MR) is 96.1 cm³/mol. The van der Waals surface area contributed by atoms with Crippen molar-refractivity contribution >= 4 is 29.9 Å². The van der Waals surface area contributed by atoms with Crippen molar-refractivity contribution in [1.29, 1.82) is 0 Å². The molecule has 0 radical (unpaired) electrons. The van der Waals surface area contributed by atoms with Gasteiger partial charge in [0, 0.05) is 45.4 Å². The predicted octanol–water partition coefficient (Wildman–Crippen LogP) is 1.68. The molecule has 1 rings (SSSR count). The van der Waals surface area contributed by atoms with Crippen molar-refractivity contribution in [2.45, 2.75) is 45.2 Å². The van der Waals surface area contributed by atoms with Crippen molar-refractivity contribution in [2.75, 3.05) is 40.4 Å². The molecule has 1 fully saturated rings. The lowest BCUT2D eigenvalue weighted by Gasteiger charge is -2.25. The van der Waals surface area contributed by atoms with Crippen LogP contribution in [0, 0.1) is 0 Å². The second-order valence-corrected chi connectivity index (χ2v) is 5.18. The van der Waals surface area contributed by atoms with Crippen molar-refractivity contribution in [2.24, 2.45) is 4.99 Å². The third kappa shape index (κ3) is 8.26. The minimum absolute atomic E-state index is 0. The Bertz CT molecular complexity index is 272. The average molecular weight is 398 g/mol. The summed E-state index contributed by atoms with van der Waals surface area (Å²) >= 11 is 0. The molecule has 1 saturated carbocycles. The van der Waals surface area contributed by atoms with Crippen LogP contribution >= 0.6 is 24.0 Å². The van der Waals surface area contributed by atoms with Gasteiger partial charge in [-0.1, -0.05) is 0 Å². The molecule has 0 heterocycles. The van der Waals surface area contributed by atoms with E-state index in [9.17, 15) is 0 Å². The van der Waals surface area contributed by atoms with Crippen molar-refractivity contribution in [3.05, 3.63) is 0 Å². The lowest BCUT2D eigenvalue weighted by Crippen LogP contribution is -2.45. The summed E-state index contributed by atoms with van der Waals surface area (Å²) in [6.45, 7) is 7.70. The molecule has 0 aromatic rings. The Labute approximate surface area is 140 Å². The van der Waals surface area contributed by atoms with E-state index in [4.69, 9.17) is 4.74 Å². The Morgan fingerprint density at radius 2 is 2.10 bits per heavy atom. The van der Waals surface area contributed by atoms with Crippen molar-refractivity contribution < 1.29 is 4.74 Å². The molecule has 1 unspecified atom stereocenters. The van der Waals surface area contributed by atoms with Crippen LogP contribution in [0.3, 0.4) is 0 Å². The van der Waals surface area contributed by atoms with Crippen LogP contribution in [0.25, 0.3) is 0 Å². The molecule has 0 aromatic carbocycles. The fourth-order valence-electron chi connectivity index (χ4n) is 1.98. The number of likely N-dealkylation sites (N-methyl/N-ethyl adjacent to an activating group) is 1. The first kappa shape index (κ1) is 19.9. The van der Waals surface area contributed by atoms with Crippen LogP contribution in [0.2, 0.25) is 0 Å². The van der Waals surface area contributed by atoms with E-state index in [2.05, 4.69) is 34.5 Å². The number of rotatable bonds is 9. The van der Waals surface area contributed by atoms with Gasteiger partial charge in [-0.15, -0.1) is 24.0 Å². The molecule has 1 atom stereocenters. The van der Waals surface area contributed by atoms with Crippen LogP contribution < -0.4 is 10.6 Å². The van der Waals surface area contributed by atoms with E-state index < -0.39 is 0 Å². The number of halogens is 1. The van der Waals surface area contributed by atoms with Gasteiger partial charge in [0.05, 0.1) is 0 Å². The van der Waals surface area contributed by atoms with Crippen molar-refractivity contribution in [3.63, 3.8) is 0 Å². The molecule has 1 aliphatic carbocycles. The lowest BCUT2D eigenvalue weighted by molar-refractivity contribution is 0.145. The Kier molecular flexibility index (Phi) is 11.5. The van der Waals surface area contributed by atoms with Gasteiger partial charge >= 0.3 is 0 Å². The zero-order valence-electron chi connectivity index (χ0n) is 13.3. The highest BCUT2D eigenvalue weighted by molar-refractivity contribution is 14.0. The highest BCUT2D eigenvalue weighted by Crippen LogP contribution is 2.26. The van der Waals surface area contributed by atoms with Crippen LogP contribution in [-0.4, -0.2) is 63.3 Å². The van der Waals surface area contributed by atoms with Crippen LogP contribution in [-0.2, 0) is 4.74 Å². The zero-order valence-corrected chi connectivity index (χ0v) is 15.6. The largest absolute Gasteiger partial charge is 0.382 e. The smallest absolute Gasteiger partial charge is 0.191 e. The first-order valence-corrected chi connectivity index (χ1v) is 7.43. The third-order valence-corrected chi connectivity index (χ3v) is 3.57. The van der Waals surface area contributed by atoms with Crippen molar-refractivity contribution in [1.82, 2.24) is 15.5 Å². The minimum atomic E-state index is 0. The molecule has 20 heavy (non-hydrogen) atoms. The van der Waals surface area contributed by atoms with E-state index in [1.165, 1.54) is 12.8 Å². The van der Waals surface area contributed by atoms with Crippen LogP contribution in [0.4, 0.5) is 0 Å². The minimum Gasteiger partial charge on any atom is -0.382 e. The monoisotopic (exact) mass is 398 g/mol. The maximum absolute atomic E-state index is 5.30. The number of ether oxygens (including phenoxy) is 1. The fraction of sp³-hybridized carbons (Fsp3) is 0.929. The van der Waals surface area contributed by atoms with Gasteiger partial charge in [0.1, 0.15) is 0 Å². The van der Waals surface area contributed by atoms with E-state index in [0.717, 1.165) is 44.7 Å². The molecular formula is C14H31IN4O. The summed E-state index contributed by atoms with van der Waals surface area (Å²) in [7, 11) is 4.02.